The second-order valence-electron chi connectivity index (χ2n) is 3.72. The first-order chi connectivity index (χ1) is 4.58. The Hall–Kier alpha value is 0.137. The number of rotatable bonds is 2. The Kier molecular flexibility index (Phi) is 2.49. The van der Waals surface area contributed by atoms with Crippen LogP contribution >= 0.6 is 0 Å². The minimum Gasteiger partial charge on any atom is -0.412 e. The van der Waals surface area contributed by atoms with Gasteiger partial charge in [-0.2, -0.15) is 0 Å². The van der Waals surface area contributed by atoms with Gasteiger partial charge in [0.15, 0.2) is 8.32 Å². The predicted molar refractivity (Wildman–Crippen MR) is 43.7 cm³/mol. The van der Waals surface area contributed by atoms with Crippen LogP contribution in [0.3, 0.4) is 0 Å². The van der Waals surface area contributed by atoms with Gasteiger partial charge in [-0.15, -0.1) is 0 Å². The fourth-order valence-electron chi connectivity index (χ4n) is 1.11. The van der Waals surface area contributed by atoms with Crippen molar-refractivity contribution in [2.45, 2.75) is 32.2 Å². The molecule has 1 aliphatic rings. The molecule has 1 heterocycles. The summed E-state index contributed by atoms with van der Waals surface area (Å²) in [5, 5.41) is 0. The second kappa shape index (κ2) is 3.03. The Morgan fingerprint density at radius 3 is 2.50 bits per heavy atom. The summed E-state index contributed by atoms with van der Waals surface area (Å²) in [6.07, 6.45) is 1.48. The van der Waals surface area contributed by atoms with Crippen LogP contribution in [0.2, 0.25) is 19.6 Å². The quantitative estimate of drug-likeness (QED) is 0.572. The van der Waals surface area contributed by atoms with E-state index in [4.69, 9.17) is 9.16 Å². The van der Waals surface area contributed by atoms with E-state index in [0.717, 1.165) is 19.6 Å². The third kappa shape index (κ3) is 2.81. The summed E-state index contributed by atoms with van der Waals surface area (Å²) in [5.41, 5.74) is 0. The molecule has 1 atom stereocenters. The predicted octanol–water partition coefficient (Wildman–Crippen LogP) is 1.63. The molecule has 3 heteroatoms. The molecule has 0 amide bonds. The van der Waals surface area contributed by atoms with E-state index in [0.29, 0.717) is 6.10 Å². The third-order valence-corrected chi connectivity index (χ3v) is 2.45. The first-order valence-electron chi connectivity index (χ1n) is 3.83. The van der Waals surface area contributed by atoms with Gasteiger partial charge < -0.3 is 9.16 Å². The molecule has 0 aromatic carbocycles. The van der Waals surface area contributed by atoms with E-state index in [9.17, 15) is 0 Å². The largest absolute Gasteiger partial charge is 0.412 e. The molecule has 0 radical (unpaired) electrons. The van der Waals surface area contributed by atoms with Crippen molar-refractivity contribution in [2.24, 2.45) is 0 Å². The molecule has 0 unspecified atom stereocenters. The van der Waals surface area contributed by atoms with Crippen LogP contribution in [0.15, 0.2) is 0 Å². The van der Waals surface area contributed by atoms with Gasteiger partial charge in [0.05, 0.1) is 12.7 Å². The molecular weight excluding hydrogens is 144 g/mol. The topological polar surface area (TPSA) is 18.5 Å². The van der Waals surface area contributed by atoms with Crippen molar-refractivity contribution < 1.29 is 9.16 Å². The van der Waals surface area contributed by atoms with Crippen LogP contribution in [0.5, 0.6) is 0 Å². The van der Waals surface area contributed by atoms with E-state index in [1.807, 2.05) is 0 Å². The summed E-state index contributed by atoms with van der Waals surface area (Å²) in [6, 6.07) is 0. The van der Waals surface area contributed by atoms with E-state index in [2.05, 4.69) is 19.6 Å². The lowest BCUT2D eigenvalue weighted by atomic mass is 10.3. The molecular formula is C7H16O2Si. The lowest BCUT2D eigenvalue weighted by Crippen LogP contribution is -2.32. The summed E-state index contributed by atoms with van der Waals surface area (Å²) >= 11 is 0. The maximum atomic E-state index is 5.81. The minimum atomic E-state index is -1.30. The molecule has 2 nitrogen and oxygen atoms in total. The van der Waals surface area contributed by atoms with Crippen molar-refractivity contribution in [1.29, 1.82) is 0 Å². The van der Waals surface area contributed by atoms with Gasteiger partial charge in [0.25, 0.3) is 0 Å². The molecule has 0 N–H and O–H groups in total. The molecule has 0 aromatic rings. The Morgan fingerprint density at radius 2 is 2.10 bits per heavy atom. The highest BCUT2D eigenvalue weighted by Crippen LogP contribution is 2.14. The summed E-state index contributed by atoms with van der Waals surface area (Å²) in [4.78, 5) is 0. The monoisotopic (exact) mass is 160 g/mol. The van der Waals surface area contributed by atoms with Crippen LogP contribution in [0.1, 0.15) is 6.42 Å². The van der Waals surface area contributed by atoms with Gasteiger partial charge >= 0.3 is 0 Å². The first-order valence-corrected chi connectivity index (χ1v) is 7.24. The van der Waals surface area contributed by atoms with Gasteiger partial charge in [-0.25, -0.2) is 0 Å². The van der Waals surface area contributed by atoms with Crippen molar-refractivity contribution in [3.63, 3.8) is 0 Å². The second-order valence-corrected chi connectivity index (χ2v) is 8.18. The zero-order valence-electron chi connectivity index (χ0n) is 7.02. The molecule has 0 aliphatic carbocycles. The van der Waals surface area contributed by atoms with Crippen molar-refractivity contribution in [1.82, 2.24) is 0 Å². The van der Waals surface area contributed by atoms with Gasteiger partial charge in [-0.3, -0.25) is 0 Å². The van der Waals surface area contributed by atoms with E-state index in [1.54, 1.807) is 0 Å². The van der Waals surface area contributed by atoms with Crippen molar-refractivity contribution >= 4 is 8.32 Å². The van der Waals surface area contributed by atoms with Crippen molar-refractivity contribution in [3.8, 4) is 0 Å². The van der Waals surface area contributed by atoms with E-state index in [1.165, 1.54) is 0 Å². The molecule has 1 saturated heterocycles. The van der Waals surface area contributed by atoms with Gasteiger partial charge in [-0.1, -0.05) is 0 Å². The molecule has 0 aromatic heterocycles. The fraction of sp³-hybridized carbons (Fsp3) is 1.00. The summed E-state index contributed by atoms with van der Waals surface area (Å²) in [7, 11) is -1.30. The van der Waals surface area contributed by atoms with Gasteiger partial charge in [0.1, 0.15) is 0 Å². The van der Waals surface area contributed by atoms with Gasteiger partial charge in [-0.05, 0) is 26.1 Å². The zero-order chi connectivity index (χ0) is 7.61. The number of hydrogen-bond acceptors (Lipinski definition) is 2. The first kappa shape index (κ1) is 8.24. The maximum absolute atomic E-state index is 5.81. The van der Waals surface area contributed by atoms with E-state index >= 15 is 0 Å². The third-order valence-electron chi connectivity index (χ3n) is 1.41. The van der Waals surface area contributed by atoms with Crippen molar-refractivity contribution in [3.05, 3.63) is 0 Å². The molecule has 10 heavy (non-hydrogen) atoms. The van der Waals surface area contributed by atoms with E-state index < -0.39 is 8.32 Å². The Labute approximate surface area is 63.7 Å². The van der Waals surface area contributed by atoms with Crippen LogP contribution in [-0.2, 0) is 9.16 Å². The highest BCUT2D eigenvalue weighted by molar-refractivity contribution is 6.69. The Bertz CT molecular complexity index is 103. The smallest absolute Gasteiger partial charge is 0.184 e. The Balaban J connectivity index is 2.24. The van der Waals surface area contributed by atoms with Crippen molar-refractivity contribution in [2.75, 3.05) is 13.2 Å². The minimum absolute atomic E-state index is 0.395. The fourth-order valence-corrected chi connectivity index (χ4v) is 2.29. The molecule has 60 valence electrons. The lowest BCUT2D eigenvalue weighted by Gasteiger charge is -2.21. The maximum Gasteiger partial charge on any atom is 0.184 e. The highest BCUT2D eigenvalue weighted by atomic mass is 28.4. The van der Waals surface area contributed by atoms with Gasteiger partial charge in [0, 0.05) is 6.61 Å². The van der Waals surface area contributed by atoms with Crippen LogP contribution < -0.4 is 0 Å². The molecule has 1 aliphatic heterocycles. The van der Waals surface area contributed by atoms with Crippen LogP contribution in [0.25, 0.3) is 0 Å². The van der Waals surface area contributed by atoms with Gasteiger partial charge in [0.2, 0.25) is 0 Å². The van der Waals surface area contributed by atoms with Crippen LogP contribution in [-0.4, -0.2) is 27.6 Å². The van der Waals surface area contributed by atoms with Crippen LogP contribution in [0.4, 0.5) is 0 Å². The average molecular weight is 160 g/mol. The number of hydrogen-bond donors (Lipinski definition) is 0. The molecule has 0 spiro atoms. The standard InChI is InChI=1S/C7H16O2Si/c1-10(2,3)9-7-4-5-8-6-7/h7H,4-6H2,1-3H3/t7-/m1/s1. The molecule has 1 fully saturated rings. The molecule has 0 bridgehead atoms. The molecule has 1 rings (SSSR count). The Morgan fingerprint density at radius 1 is 1.40 bits per heavy atom. The summed E-state index contributed by atoms with van der Waals surface area (Å²) in [5.74, 6) is 0. The summed E-state index contributed by atoms with van der Waals surface area (Å²) in [6.45, 7) is 8.33. The van der Waals surface area contributed by atoms with E-state index in [-0.39, 0.29) is 0 Å². The molecule has 0 saturated carbocycles. The normalized spacial score (nSPS) is 27.3. The SMILES string of the molecule is C[Si](C)(C)O[C@@H]1CCOC1. The zero-order valence-corrected chi connectivity index (χ0v) is 8.02. The number of ether oxygens (including phenoxy) is 1. The summed E-state index contributed by atoms with van der Waals surface area (Å²) < 4.78 is 11.0. The van der Waals surface area contributed by atoms with Crippen LogP contribution in [0, 0.1) is 0 Å². The average Bonchev–Trinajstić information content (AvgIpc) is 2.12. The highest BCUT2D eigenvalue weighted by Gasteiger charge is 2.23. The lowest BCUT2D eigenvalue weighted by molar-refractivity contribution is 0.137.